The number of carbonyl (C=O) groups is 1. The Kier molecular flexibility index (Phi) is 7.77. The number of hydrogen-bond acceptors (Lipinski definition) is 2. The average molecular weight is 290 g/mol. The summed E-state index contributed by atoms with van der Waals surface area (Å²) >= 11 is 5.83. The van der Waals surface area contributed by atoms with Gasteiger partial charge in [0.1, 0.15) is 0 Å². The minimum atomic E-state index is 0.272. The first kappa shape index (κ1) is 16.8. The number of halogens is 1. The van der Waals surface area contributed by atoms with Gasteiger partial charge >= 0.3 is 0 Å². The first-order chi connectivity index (χ1) is 9.15. The van der Waals surface area contributed by atoms with Gasteiger partial charge in [-0.2, -0.15) is 0 Å². The first-order valence-electron chi connectivity index (χ1n) is 7.63. The molecule has 0 aromatic rings. The molecular weight excluding hydrogens is 262 g/mol. The Hall–Kier alpha value is -0.280. The first-order valence-corrected chi connectivity index (χ1v) is 8.16. The van der Waals surface area contributed by atoms with Gasteiger partial charge in [-0.3, -0.25) is 4.79 Å². The molecule has 3 nitrogen and oxygen atoms in total. The monoisotopic (exact) mass is 289 g/mol. The van der Waals surface area contributed by atoms with Crippen molar-refractivity contribution in [3.05, 3.63) is 0 Å². The Bertz CT molecular complexity index is 263. The smallest absolute Gasteiger partial charge is 0.223 e. The number of carbonyl (C=O) groups excluding carboxylic acids is 1. The van der Waals surface area contributed by atoms with E-state index in [1.54, 1.807) is 0 Å². The van der Waals surface area contributed by atoms with Gasteiger partial charge in [0.25, 0.3) is 0 Å². The van der Waals surface area contributed by atoms with Crippen molar-refractivity contribution in [2.75, 3.05) is 19.0 Å². The number of rotatable bonds is 9. The van der Waals surface area contributed by atoms with Crippen LogP contribution in [0.3, 0.4) is 0 Å². The van der Waals surface area contributed by atoms with Crippen LogP contribution in [0.25, 0.3) is 0 Å². The van der Waals surface area contributed by atoms with Gasteiger partial charge in [-0.25, -0.2) is 0 Å². The van der Waals surface area contributed by atoms with Crippen LogP contribution in [0.2, 0.25) is 0 Å². The van der Waals surface area contributed by atoms with Gasteiger partial charge in [-0.15, -0.1) is 11.6 Å². The topological polar surface area (TPSA) is 29.5 Å². The molecule has 0 spiro atoms. The van der Waals surface area contributed by atoms with Crippen molar-refractivity contribution < 1.29 is 9.53 Å². The second-order valence-corrected chi connectivity index (χ2v) is 5.74. The summed E-state index contributed by atoms with van der Waals surface area (Å²) in [5.74, 6) is 1.31. The summed E-state index contributed by atoms with van der Waals surface area (Å²) in [7, 11) is 0. The Labute approximate surface area is 122 Å². The van der Waals surface area contributed by atoms with Gasteiger partial charge in [-0.1, -0.05) is 13.8 Å². The minimum Gasteiger partial charge on any atom is -0.378 e. The molecule has 1 fully saturated rings. The Morgan fingerprint density at radius 3 is 2.42 bits per heavy atom. The molecule has 19 heavy (non-hydrogen) atoms. The third-order valence-corrected chi connectivity index (χ3v) is 4.26. The van der Waals surface area contributed by atoms with Gasteiger partial charge in [0, 0.05) is 31.5 Å². The number of ether oxygens (including phenoxy) is 1. The lowest BCUT2D eigenvalue weighted by atomic mass is 9.79. The quantitative estimate of drug-likeness (QED) is 0.609. The number of nitrogens with zero attached hydrogens (tertiary/aromatic N) is 1. The maximum atomic E-state index is 12.4. The Morgan fingerprint density at radius 2 is 1.95 bits per heavy atom. The highest BCUT2D eigenvalue weighted by atomic mass is 35.5. The van der Waals surface area contributed by atoms with Crippen LogP contribution in [0.1, 0.15) is 52.9 Å². The number of hydrogen-bond donors (Lipinski definition) is 0. The fraction of sp³-hybridized carbons (Fsp3) is 0.933. The van der Waals surface area contributed by atoms with Crippen LogP contribution in [-0.4, -0.2) is 42.0 Å². The molecule has 0 aliphatic heterocycles. The summed E-state index contributed by atoms with van der Waals surface area (Å²) in [6, 6.07) is 0.342. The van der Waals surface area contributed by atoms with E-state index in [9.17, 15) is 4.79 Å². The predicted molar refractivity (Wildman–Crippen MR) is 79.6 cm³/mol. The van der Waals surface area contributed by atoms with Crippen LogP contribution in [0.5, 0.6) is 0 Å². The van der Waals surface area contributed by atoms with Crippen LogP contribution >= 0.6 is 11.6 Å². The van der Waals surface area contributed by atoms with Gasteiger partial charge in [-0.05, 0) is 38.5 Å². The van der Waals surface area contributed by atoms with Gasteiger partial charge in [0.2, 0.25) is 5.91 Å². The molecule has 0 heterocycles. The van der Waals surface area contributed by atoms with Gasteiger partial charge in [0.15, 0.2) is 0 Å². The van der Waals surface area contributed by atoms with Crippen molar-refractivity contribution in [2.45, 2.75) is 65.0 Å². The third-order valence-electron chi connectivity index (χ3n) is 4.09. The van der Waals surface area contributed by atoms with E-state index in [0.29, 0.717) is 36.9 Å². The van der Waals surface area contributed by atoms with Crippen molar-refractivity contribution in [3.8, 4) is 0 Å². The lowest BCUT2D eigenvalue weighted by molar-refractivity contribution is -0.136. The molecular formula is C15H28ClNO2. The molecule has 1 saturated carbocycles. The molecule has 1 rings (SSSR count). The second-order valence-electron chi connectivity index (χ2n) is 5.37. The third kappa shape index (κ3) is 4.96. The van der Waals surface area contributed by atoms with Gasteiger partial charge in [0.05, 0.1) is 6.10 Å². The lowest BCUT2D eigenvalue weighted by Gasteiger charge is -2.37. The predicted octanol–water partition coefficient (Wildman–Crippen LogP) is 3.45. The molecule has 0 N–H and O–H groups in total. The highest BCUT2D eigenvalue weighted by Gasteiger charge is 2.33. The summed E-state index contributed by atoms with van der Waals surface area (Å²) < 4.78 is 5.54. The van der Waals surface area contributed by atoms with E-state index in [4.69, 9.17) is 16.3 Å². The summed E-state index contributed by atoms with van der Waals surface area (Å²) in [5, 5.41) is 0. The van der Waals surface area contributed by atoms with Gasteiger partial charge < -0.3 is 9.64 Å². The zero-order valence-electron chi connectivity index (χ0n) is 12.5. The van der Waals surface area contributed by atoms with Crippen molar-refractivity contribution in [2.24, 2.45) is 5.92 Å². The number of alkyl halides is 1. The largest absolute Gasteiger partial charge is 0.378 e. The van der Waals surface area contributed by atoms with E-state index in [2.05, 4.69) is 13.8 Å². The highest BCUT2D eigenvalue weighted by molar-refractivity contribution is 6.18. The van der Waals surface area contributed by atoms with Crippen molar-refractivity contribution in [1.29, 1.82) is 0 Å². The SMILES string of the molecule is CCOC1CC(CC(=O)N(CCCl)C(CC)CC)C1. The molecule has 0 saturated heterocycles. The molecule has 1 amide bonds. The molecule has 0 bridgehead atoms. The molecule has 0 unspecified atom stereocenters. The molecule has 112 valence electrons. The second kappa shape index (κ2) is 8.80. The molecule has 0 aromatic carbocycles. The normalized spacial score (nSPS) is 22.4. The van der Waals surface area contributed by atoms with Crippen molar-refractivity contribution in [1.82, 2.24) is 4.90 Å². The maximum absolute atomic E-state index is 12.4. The Morgan fingerprint density at radius 1 is 1.32 bits per heavy atom. The fourth-order valence-electron chi connectivity index (χ4n) is 2.91. The summed E-state index contributed by atoms with van der Waals surface area (Å²) in [4.78, 5) is 14.4. The van der Waals surface area contributed by atoms with E-state index in [0.717, 1.165) is 32.3 Å². The average Bonchev–Trinajstić information content (AvgIpc) is 2.36. The van der Waals surface area contributed by atoms with E-state index in [1.807, 2.05) is 11.8 Å². The van der Waals surface area contributed by atoms with Crippen LogP contribution in [0.4, 0.5) is 0 Å². The standard InChI is InChI=1S/C15H28ClNO2/c1-4-13(5-2)17(8-7-16)15(18)11-12-9-14(10-12)19-6-3/h12-14H,4-11H2,1-3H3. The van der Waals surface area contributed by atoms with Crippen LogP contribution < -0.4 is 0 Å². The molecule has 0 radical (unpaired) electrons. The summed E-state index contributed by atoms with van der Waals surface area (Å²) in [5.41, 5.74) is 0. The maximum Gasteiger partial charge on any atom is 0.223 e. The van der Waals surface area contributed by atoms with Crippen LogP contribution in [0, 0.1) is 5.92 Å². The minimum absolute atomic E-state index is 0.272. The lowest BCUT2D eigenvalue weighted by Crippen LogP contribution is -2.43. The fourth-order valence-corrected chi connectivity index (χ4v) is 3.09. The molecule has 4 heteroatoms. The zero-order chi connectivity index (χ0) is 14.3. The Balaban J connectivity index is 2.40. The van der Waals surface area contributed by atoms with E-state index >= 15 is 0 Å². The van der Waals surface area contributed by atoms with Crippen LogP contribution in [-0.2, 0) is 9.53 Å². The van der Waals surface area contributed by atoms with E-state index < -0.39 is 0 Å². The molecule has 1 aliphatic rings. The van der Waals surface area contributed by atoms with E-state index in [1.165, 1.54) is 0 Å². The molecule has 0 atom stereocenters. The van der Waals surface area contributed by atoms with Crippen LogP contribution in [0.15, 0.2) is 0 Å². The highest BCUT2D eigenvalue weighted by Crippen LogP contribution is 2.33. The molecule has 0 aromatic heterocycles. The summed E-state index contributed by atoms with van der Waals surface area (Å²) in [6.45, 7) is 7.74. The molecule has 1 aliphatic carbocycles. The zero-order valence-corrected chi connectivity index (χ0v) is 13.3. The van der Waals surface area contributed by atoms with E-state index in [-0.39, 0.29) is 5.91 Å². The van der Waals surface area contributed by atoms with Crippen molar-refractivity contribution >= 4 is 17.5 Å². The number of amides is 1. The summed E-state index contributed by atoms with van der Waals surface area (Å²) in [6.07, 6.45) is 5.14. The van der Waals surface area contributed by atoms with Crippen molar-refractivity contribution in [3.63, 3.8) is 0 Å².